The van der Waals surface area contributed by atoms with Crippen LogP contribution in [-0.4, -0.2) is 39.7 Å². The van der Waals surface area contributed by atoms with Crippen LogP contribution in [0.3, 0.4) is 0 Å². The number of benzene rings is 2. The molecule has 7 nitrogen and oxygen atoms in total. The van der Waals surface area contributed by atoms with Crippen LogP contribution in [0.5, 0.6) is 0 Å². The van der Waals surface area contributed by atoms with E-state index in [1.54, 1.807) is 42.5 Å². The van der Waals surface area contributed by atoms with Gasteiger partial charge in [0, 0.05) is 12.2 Å². The fourth-order valence-corrected chi connectivity index (χ4v) is 4.60. The molecule has 2 rings (SSSR count). The van der Waals surface area contributed by atoms with Crippen molar-refractivity contribution in [2.24, 2.45) is 0 Å². The van der Waals surface area contributed by atoms with Crippen LogP contribution in [0.2, 0.25) is 0 Å². The minimum Gasteiger partial charge on any atom is -0.483 e. The monoisotopic (exact) mass is 598 g/mol. The van der Waals surface area contributed by atoms with E-state index >= 15 is 0 Å². The molecule has 0 bridgehead atoms. The zero-order valence-electron chi connectivity index (χ0n) is 14.6. The number of nitrogens with zero attached hydrogens (tertiary/aromatic N) is 1. The molecule has 0 fully saturated rings. The summed E-state index contributed by atoms with van der Waals surface area (Å²) in [5.74, 6) is 0. The average Bonchev–Trinajstić information content (AvgIpc) is 2.63. The molecule has 0 aliphatic rings. The first-order chi connectivity index (χ1) is 13.1. The largest absolute Gasteiger partial charge is 0.483 e. The van der Waals surface area contributed by atoms with Crippen LogP contribution in [0, 0.1) is 0 Å². The molecular formula is C17H17Br3N2O5S. The Morgan fingerprint density at radius 1 is 1.07 bits per heavy atom. The van der Waals surface area contributed by atoms with Gasteiger partial charge in [-0.15, -0.1) is 0 Å². The van der Waals surface area contributed by atoms with Crippen molar-refractivity contribution in [2.75, 3.05) is 11.9 Å². The van der Waals surface area contributed by atoms with Crippen molar-refractivity contribution in [3.8, 4) is 0 Å². The Balaban J connectivity index is 0.00000122. The van der Waals surface area contributed by atoms with Crippen molar-refractivity contribution in [3.63, 3.8) is 0 Å². The number of nitrogens with one attached hydrogen (secondary N) is 1. The second-order valence-corrected chi connectivity index (χ2v) is 13.7. The van der Waals surface area contributed by atoms with E-state index in [4.69, 9.17) is 9.90 Å². The van der Waals surface area contributed by atoms with Gasteiger partial charge in [-0.1, -0.05) is 18.2 Å². The Hall–Kier alpha value is -1.43. The molecular weight excluding hydrogens is 584 g/mol. The molecule has 0 heterocycles. The van der Waals surface area contributed by atoms with Gasteiger partial charge in [0.25, 0.3) is 6.47 Å². The van der Waals surface area contributed by atoms with Crippen LogP contribution >= 0.6 is 47.8 Å². The molecule has 11 heteroatoms. The molecule has 2 N–H and O–H groups in total. The van der Waals surface area contributed by atoms with E-state index in [-0.39, 0.29) is 22.3 Å². The topological polar surface area (TPSA) is 104 Å². The van der Waals surface area contributed by atoms with E-state index in [0.29, 0.717) is 12.2 Å². The Labute approximate surface area is 188 Å². The van der Waals surface area contributed by atoms with E-state index in [0.717, 1.165) is 0 Å². The van der Waals surface area contributed by atoms with E-state index in [1.807, 2.05) is 6.92 Å². The zero-order chi connectivity index (χ0) is 21.4. The quantitative estimate of drug-likeness (QED) is 0.296. The summed E-state index contributed by atoms with van der Waals surface area (Å²) in [6.07, 6.45) is 0. The molecule has 0 saturated carbocycles. The second-order valence-electron chi connectivity index (χ2n) is 5.09. The highest BCUT2D eigenvalue weighted by molar-refractivity contribution is 9.39. The first-order valence-corrected chi connectivity index (χ1v) is 11.6. The van der Waals surface area contributed by atoms with Gasteiger partial charge in [-0.3, -0.25) is 9.69 Å². The fourth-order valence-electron chi connectivity index (χ4n) is 2.08. The molecule has 0 unspecified atom stereocenters. The standard InChI is InChI=1S/C16H15Br3N2O3S.CH2O2/c1-2-21(16(17,18)19)15(22)20-12-8-10-14(11-9-12)25(23,24)13-6-4-3-5-7-13;2-1-3/h3-11H,2H2,1H3,(H,20,22);1H,(H,2,3). The summed E-state index contributed by atoms with van der Waals surface area (Å²) >= 11 is 9.91. The maximum Gasteiger partial charge on any atom is 0.324 e. The van der Waals surface area contributed by atoms with Gasteiger partial charge in [0.15, 0.2) is 0 Å². The smallest absolute Gasteiger partial charge is 0.324 e. The maximum absolute atomic E-state index is 12.5. The minimum absolute atomic E-state index is 0.167. The number of urea groups is 1. The van der Waals surface area contributed by atoms with Gasteiger partial charge in [0.2, 0.25) is 12.1 Å². The molecule has 2 aromatic carbocycles. The van der Waals surface area contributed by atoms with E-state index in [2.05, 4.69) is 53.1 Å². The van der Waals surface area contributed by atoms with Gasteiger partial charge in [-0.2, -0.15) is 0 Å². The van der Waals surface area contributed by atoms with Crippen molar-refractivity contribution < 1.29 is 23.1 Å². The van der Waals surface area contributed by atoms with Crippen molar-refractivity contribution in [2.45, 2.75) is 19.0 Å². The zero-order valence-corrected chi connectivity index (χ0v) is 20.1. The second kappa shape index (κ2) is 10.9. The Bertz CT molecular complexity index is 885. The first kappa shape index (κ1) is 24.6. The lowest BCUT2D eigenvalue weighted by Crippen LogP contribution is -2.42. The highest BCUT2D eigenvalue weighted by Crippen LogP contribution is 2.37. The van der Waals surface area contributed by atoms with Crippen LogP contribution in [0.1, 0.15) is 6.92 Å². The van der Waals surface area contributed by atoms with Gasteiger partial charge in [-0.05, 0) is 91.1 Å². The third kappa shape index (κ3) is 6.87. The lowest BCUT2D eigenvalue weighted by Gasteiger charge is -2.29. The number of halogens is 3. The van der Waals surface area contributed by atoms with Crippen LogP contribution in [0.15, 0.2) is 64.4 Å². The third-order valence-electron chi connectivity index (χ3n) is 3.34. The summed E-state index contributed by atoms with van der Waals surface area (Å²) in [7, 11) is -3.57. The Morgan fingerprint density at radius 3 is 1.96 bits per heavy atom. The highest BCUT2D eigenvalue weighted by atomic mass is 80.0. The number of amides is 2. The maximum atomic E-state index is 12.5. The molecule has 152 valence electrons. The number of anilines is 1. The lowest BCUT2D eigenvalue weighted by molar-refractivity contribution is -0.122. The van der Waals surface area contributed by atoms with Crippen LogP contribution < -0.4 is 5.32 Å². The van der Waals surface area contributed by atoms with E-state index in [9.17, 15) is 13.2 Å². The summed E-state index contributed by atoms with van der Waals surface area (Å²) < 4.78 is 24.2. The van der Waals surface area contributed by atoms with Crippen LogP contribution in [-0.2, 0) is 14.6 Å². The number of hydrogen-bond donors (Lipinski definition) is 2. The Morgan fingerprint density at radius 2 is 1.54 bits per heavy atom. The predicted octanol–water partition coefficient (Wildman–Crippen LogP) is 4.87. The normalized spacial score (nSPS) is 11.0. The van der Waals surface area contributed by atoms with Gasteiger partial charge in [0.1, 0.15) is 0 Å². The average molecular weight is 601 g/mol. The molecule has 0 radical (unpaired) electrons. The third-order valence-corrected chi connectivity index (χ3v) is 6.41. The number of carbonyl (C=O) groups is 2. The number of alkyl halides is 3. The van der Waals surface area contributed by atoms with Gasteiger partial charge in [0.05, 0.1) is 9.79 Å². The highest BCUT2D eigenvalue weighted by Gasteiger charge is 2.30. The molecule has 0 aromatic heterocycles. The fraction of sp³-hybridized carbons (Fsp3) is 0.176. The van der Waals surface area contributed by atoms with E-state index < -0.39 is 12.1 Å². The molecule has 2 amide bonds. The molecule has 0 aliphatic heterocycles. The molecule has 0 spiro atoms. The predicted molar refractivity (Wildman–Crippen MR) is 118 cm³/mol. The molecule has 0 atom stereocenters. The van der Waals surface area contributed by atoms with E-state index in [1.165, 1.54) is 17.0 Å². The van der Waals surface area contributed by atoms with Crippen molar-refractivity contribution >= 4 is 75.8 Å². The number of sulfone groups is 1. The minimum atomic E-state index is -3.57. The van der Waals surface area contributed by atoms with Gasteiger partial charge in [-0.25, -0.2) is 13.2 Å². The summed E-state index contributed by atoms with van der Waals surface area (Å²) in [5.41, 5.74) is 0.493. The molecule has 28 heavy (non-hydrogen) atoms. The summed E-state index contributed by atoms with van der Waals surface area (Å²) in [6.45, 7) is 2.02. The SMILES string of the molecule is CCN(C(=O)Nc1ccc(S(=O)(=O)c2ccccc2)cc1)C(Br)(Br)Br.O=CO. The van der Waals surface area contributed by atoms with Crippen molar-refractivity contribution in [3.05, 3.63) is 54.6 Å². The van der Waals surface area contributed by atoms with Gasteiger partial charge >= 0.3 is 6.03 Å². The van der Waals surface area contributed by atoms with Gasteiger partial charge < -0.3 is 10.4 Å². The number of rotatable bonds is 4. The first-order valence-electron chi connectivity index (χ1n) is 7.71. The molecule has 0 aliphatic carbocycles. The number of carboxylic acid groups (broad SMARTS) is 1. The van der Waals surface area contributed by atoms with Crippen molar-refractivity contribution in [1.82, 2.24) is 4.90 Å². The lowest BCUT2D eigenvalue weighted by atomic mass is 10.3. The van der Waals surface area contributed by atoms with Crippen LogP contribution in [0.25, 0.3) is 0 Å². The molecule has 0 saturated heterocycles. The number of carbonyl (C=O) groups excluding carboxylic acids is 1. The van der Waals surface area contributed by atoms with Crippen LogP contribution in [0.4, 0.5) is 10.5 Å². The summed E-state index contributed by atoms with van der Waals surface area (Å²) in [4.78, 5) is 22.5. The Kier molecular flexibility index (Phi) is 9.61. The summed E-state index contributed by atoms with van der Waals surface area (Å²) in [6, 6.07) is 13.9. The number of hydrogen-bond acceptors (Lipinski definition) is 4. The van der Waals surface area contributed by atoms with Crippen molar-refractivity contribution in [1.29, 1.82) is 0 Å². The molecule has 2 aromatic rings. The summed E-state index contributed by atoms with van der Waals surface area (Å²) in [5, 5.41) is 9.61.